The molecule has 4 N–H and O–H groups in total. The average Bonchev–Trinajstić information content (AvgIpc) is 2.73. The topological polar surface area (TPSA) is 97.0 Å². The van der Waals surface area contributed by atoms with Crippen LogP contribution in [0.2, 0.25) is 0 Å². The summed E-state index contributed by atoms with van der Waals surface area (Å²) >= 11 is 0. The normalized spacial score (nSPS) is 20.8. The van der Waals surface area contributed by atoms with E-state index in [9.17, 15) is 18.3 Å². The molecule has 153 valence electrons. The van der Waals surface area contributed by atoms with Gasteiger partial charge in [0.05, 0.1) is 17.9 Å². The summed E-state index contributed by atoms with van der Waals surface area (Å²) in [6.45, 7) is -0.0190. The van der Waals surface area contributed by atoms with Crippen molar-refractivity contribution in [3.05, 3.63) is 54.0 Å². The Morgan fingerprint density at radius 1 is 1.10 bits per heavy atom. The summed E-state index contributed by atoms with van der Waals surface area (Å²) in [7, 11) is 3.33. The number of phenolic OH excluding ortho intramolecular Hbond substituents is 1. The van der Waals surface area contributed by atoms with Gasteiger partial charge in [0.1, 0.15) is 0 Å². The van der Waals surface area contributed by atoms with E-state index < -0.39 is 29.1 Å². The van der Waals surface area contributed by atoms with Gasteiger partial charge in [0.25, 0.3) is 5.92 Å². The van der Waals surface area contributed by atoms with Crippen LogP contribution in [0, 0.1) is 5.82 Å². The van der Waals surface area contributed by atoms with E-state index in [-0.39, 0.29) is 23.5 Å². The lowest BCUT2D eigenvalue weighted by atomic mass is 9.85. The van der Waals surface area contributed by atoms with Gasteiger partial charge in [-0.3, -0.25) is 4.98 Å². The lowest BCUT2D eigenvalue weighted by Gasteiger charge is -2.42. The molecule has 0 saturated carbocycles. The maximum Gasteiger partial charge on any atom is 0.266 e. The fraction of sp³-hybridized carbons (Fsp3) is 0.250. The van der Waals surface area contributed by atoms with Gasteiger partial charge in [-0.25, -0.2) is 13.2 Å². The lowest BCUT2D eigenvalue weighted by molar-refractivity contribution is -0.0607. The molecule has 1 fully saturated rings. The molecule has 1 aliphatic heterocycles. The number of hydrogen-bond acceptors (Lipinski definition) is 6. The summed E-state index contributed by atoms with van der Waals surface area (Å²) in [6, 6.07) is 8.56. The minimum atomic E-state index is -3.03. The molecule has 4 rings (SSSR count). The number of nitrogens with zero attached hydrogens (tertiary/aromatic N) is 3. The molecular formula is C20H17F3N5OSi. The zero-order chi connectivity index (χ0) is 21.5. The van der Waals surface area contributed by atoms with Gasteiger partial charge in [-0.2, -0.15) is 0 Å². The highest BCUT2D eigenvalue weighted by Gasteiger charge is 2.52. The van der Waals surface area contributed by atoms with E-state index in [0.717, 1.165) is 6.07 Å². The van der Waals surface area contributed by atoms with Crippen LogP contribution in [0.1, 0.15) is 12.0 Å². The Labute approximate surface area is 173 Å². The van der Waals surface area contributed by atoms with E-state index in [4.69, 9.17) is 5.73 Å². The largest absolute Gasteiger partial charge is 0.504 e. The van der Waals surface area contributed by atoms with Crippen LogP contribution >= 0.6 is 0 Å². The number of aromatic hydroxyl groups is 1. The molecule has 1 aromatic carbocycles. The van der Waals surface area contributed by atoms with Crippen LogP contribution in [0.4, 0.5) is 19.0 Å². The number of aromatic nitrogens is 3. The molecule has 2 aromatic heterocycles. The highest BCUT2D eigenvalue weighted by atomic mass is 28.1. The highest BCUT2D eigenvalue weighted by molar-refractivity contribution is 6.17. The van der Waals surface area contributed by atoms with Crippen LogP contribution in [0.3, 0.4) is 0 Å². The molecule has 1 saturated heterocycles. The number of piperidine rings is 1. The van der Waals surface area contributed by atoms with Crippen LogP contribution in [-0.2, 0) is 5.04 Å². The molecule has 3 radical (unpaired) electrons. The number of pyridine rings is 1. The number of hydrogen-bond donors (Lipinski definition) is 3. The number of benzene rings is 1. The smallest absolute Gasteiger partial charge is 0.266 e. The molecule has 1 aliphatic rings. The van der Waals surface area contributed by atoms with E-state index in [0.29, 0.717) is 23.4 Å². The van der Waals surface area contributed by atoms with Crippen LogP contribution in [-0.4, -0.2) is 49.5 Å². The van der Waals surface area contributed by atoms with Gasteiger partial charge in [-0.1, -0.05) is 6.07 Å². The third-order valence-electron chi connectivity index (χ3n) is 5.26. The first-order chi connectivity index (χ1) is 14.2. The molecule has 0 aliphatic carbocycles. The Kier molecular flexibility index (Phi) is 4.98. The molecule has 0 bridgehead atoms. The van der Waals surface area contributed by atoms with Crippen LogP contribution in [0.25, 0.3) is 22.5 Å². The fourth-order valence-electron chi connectivity index (χ4n) is 3.51. The number of nitrogens with two attached hydrogens (primary N) is 1. The monoisotopic (exact) mass is 428 g/mol. The average molecular weight is 428 g/mol. The van der Waals surface area contributed by atoms with Crippen molar-refractivity contribution in [1.29, 1.82) is 0 Å². The third-order valence-corrected chi connectivity index (χ3v) is 6.17. The first-order valence-electron chi connectivity index (χ1n) is 9.14. The Hall–Kier alpha value is -2.98. The van der Waals surface area contributed by atoms with Gasteiger partial charge in [0.15, 0.2) is 17.4 Å². The van der Waals surface area contributed by atoms with E-state index in [2.05, 4.69) is 30.7 Å². The second-order valence-corrected chi connectivity index (χ2v) is 7.98. The second-order valence-electron chi connectivity index (χ2n) is 7.13. The Morgan fingerprint density at radius 3 is 2.67 bits per heavy atom. The predicted octanol–water partition coefficient (Wildman–Crippen LogP) is 2.62. The minimum absolute atomic E-state index is 0.0272. The summed E-state index contributed by atoms with van der Waals surface area (Å²) in [5.74, 6) is -4.37. The SMILES string of the molecule is Nc1nnc(-c2cccc(F)c2O)cc1-c1cc([C@@]2([Si])CCNCC2(F)F)ccn1. The van der Waals surface area contributed by atoms with E-state index in [1.54, 1.807) is 0 Å². The van der Waals surface area contributed by atoms with Crippen LogP contribution in [0.15, 0.2) is 42.6 Å². The number of nitrogen functional groups attached to an aromatic ring is 1. The molecule has 30 heavy (non-hydrogen) atoms. The Balaban J connectivity index is 1.80. The number of halogens is 3. The molecule has 0 unspecified atom stereocenters. The van der Waals surface area contributed by atoms with E-state index in [1.165, 1.54) is 36.5 Å². The van der Waals surface area contributed by atoms with E-state index >= 15 is 0 Å². The van der Waals surface area contributed by atoms with Gasteiger partial charge in [0.2, 0.25) is 0 Å². The maximum absolute atomic E-state index is 14.7. The number of alkyl halides is 2. The quantitative estimate of drug-likeness (QED) is 0.555. The molecule has 3 heterocycles. The first kappa shape index (κ1) is 20.3. The zero-order valence-electron chi connectivity index (χ0n) is 15.7. The summed E-state index contributed by atoms with van der Waals surface area (Å²) in [4.78, 5) is 4.25. The fourth-order valence-corrected chi connectivity index (χ4v) is 3.88. The predicted molar refractivity (Wildman–Crippen MR) is 107 cm³/mol. The third kappa shape index (κ3) is 3.31. The van der Waals surface area contributed by atoms with Crippen molar-refractivity contribution in [2.45, 2.75) is 17.4 Å². The molecule has 0 spiro atoms. The van der Waals surface area contributed by atoms with Crippen LogP contribution in [0.5, 0.6) is 5.75 Å². The summed E-state index contributed by atoms with van der Waals surface area (Å²) in [5.41, 5.74) is 7.25. The summed E-state index contributed by atoms with van der Waals surface area (Å²) < 4.78 is 43.1. The van der Waals surface area contributed by atoms with Crippen molar-refractivity contribution in [3.8, 4) is 28.3 Å². The van der Waals surface area contributed by atoms with Crippen LogP contribution < -0.4 is 11.1 Å². The van der Waals surface area contributed by atoms with E-state index in [1.807, 2.05) is 0 Å². The van der Waals surface area contributed by atoms with Crippen molar-refractivity contribution in [2.75, 3.05) is 18.8 Å². The molecule has 10 heteroatoms. The molecule has 3 aromatic rings. The molecule has 1 atom stereocenters. The number of para-hydroxylation sites is 1. The zero-order valence-corrected chi connectivity index (χ0v) is 16.7. The van der Waals surface area contributed by atoms with Gasteiger partial charge in [-0.05, 0) is 48.9 Å². The Morgan fingerprint density at radius 2 is 1.90 bits per heavy atom. The summed E-state index contributed by atoms with van der Waals surface area (Å²) in [5, 5.41) is 18.9. The highest BCUT2D eigenvalue weighted by Crippen LogP contribution is 2.42. The van der Waals surface area contributed by atoms with Crippen molar-refractivity contribution in [2.24, 2.45) is 0 Å². The number of nitrogens with one attached hydrogen (secondary N) is 1. The second kappa shape index (κ2) is 7.37. The molecule has 6 nitrogen and oxygen atoms in total. The molecule has 0 amide bonds. The van der Waals surface area contributed by atoms with Gasteiger partial charge in [-0.15, -0.1) is 10.2 Å². The minimum Gasteiger partial charge on any atom is -0.504 e. The van der Waals surface area contributed by atoms with Crippen molar-refractivity contribution >= 4 is 16.1 Å². The number of rotatable bonds is 3. The maximum atomic E-state index is 14.7. The van der Waals surface area contributed by atoms with Crippen molar-refractivity contribution in [1.82, 2.24) is 20.5 Å². The standard InChI is InChI=1S/C20H17F3N5OSi/c21-14-3-1-2-12(17(14)29)16-9-13(18(24)28-27-16)15-8-11(4-6-26-15)19(30)5-7-25-10-20(19,22)23/h1-4,6,8-9,25,29H,5,7,10H2,(H2,24,28)/t19-/m0/s1. The first-order valence-corrected chi connectivity index (χ1v) is 9.64. The lowest BCUT2D eigenvalue weighted by Crippen LogP contribution is -2.57. The van der Waals surface area contributed by atoms with Crippen molar-refractivity contribution < 1.29 is 18.3 Å². The molecular weight excluding hydrogens is 411 g/mol. The van der Waals surface area contributed by atoms with Gasteiger partial charge >= 0.3 is 0 Å². The number of phenols is 1. The summed E-state index contributed by atoms with van der Waals surface area (Å²) in [6.07, 6.45) is 1.59. The Bertz CT molecular complexity index is 1110. The number of anilines is 1. The van der Waals surface area contributed by atoms with Gasteiger partial charge < -0.3 is 16.2 Å². The van der Waals surface area contributed by atoms with Gasteiger partial charge in [0, 0.05) is 32.6 Å². The van der Waals surface area contributed by atoms with Crippen molar-refractivity contribution in [3.63, 3.8) is 0 Å².